The second kappa shape index (κ2) is 7.39. The van der Waals surface area contributed by atoms with Gasteiger partial charge in [-0.1, -0.05) is 0 Å². The third-order valence-electron chi connectivity index (χ3n) is 0. The van der Waals surface area contributed by atoms with Crippen LogP contribution >= 0.6 is 0 Å². The molecule has 0 amide bonds. The quantitative estimate of drug-likeness (QED) is 0.115. The zero-order chi connectivity index (χ0) is 6.50. The van der Waals surface area contributed by atoms with Crippen LogP contribution in [-0.4, -0.2) is 17.5 Å². The van der Waals surface area contributed by atoms with Crippen molar-refractivity contribution in [1.82, 2.24) is 0 Å². The third-order valence-corrected chi connectivity index (χ3v) is 0. The van der Waals surface area contributed by atoms with E-state index in [1.54, 1.807) is 0 Å². The predicted molar refractivity (Wildman–Crippen MR) is 23.7 cm³/mol. The summed E-state index contributed by atoms with van der Waals surface area (Å²) in [6, 6.07) is 0. The van der Waals surface area contributed by atoms with Crippen LogP contribution in [0.3, 0.4) is 0 Å². The number of hydrogen-bond donors (Lipinski definition) is 4. The zero-order valence-electron chi connectivity index (χ0n) is 5.27. The molecule has 0 bridgehead atoms. The molecule has 0 spiro atoms. The molecule has 8 heteroatoms. The van der Waals surface area contributed by atoms with Crippen molar-refractivity contribution >= 4 is 10.4 Å². The second-order valence-electron chi connectivity index (χ2n) is 0.448. The van der Waals surface area contributed by atoms with Gasteiger partial charge in [-0.3, -0.25) is 20.8 Å². The molecule has 0 aliphatic heterocycles. The number of hydrogen-bond acceptors (Lipinski definition) is 4. The summed E-state index contributed by atoms with van der Waals surface area (Å²) in [6.45, 7) is 0. The van der Waals surface area contributed by atoms with Crippen LogP contribution in [0.5, 0.6) is 0 Å². The fourth-order valence-corrected chi connectivity index (χ4v) is 0. The Hall–Kier alpha value is 0.387. The Balaban J connectivity index is -0.0000000286. The Morgan fingerprint density at radius 2 is 1.25 bits per heavy atom. The van der Waals surface area contributed by atoms with E-state index in [1.807, 2.05) is 0 Å². The van der Waals surface area contributed by atoms with Crippen molar-refractivity contribution in [3.05, 3.63) is 0 Å². The summed E-state index contributed by atoms with van der Waals surface area (Å²) in [5.74, 6) is 8.00. The van der Waals surface area contributed by atoms with Gasteiger partial charge in [-0.15, -0.1) is 0 Å². The normalized spacial score (nSPS) is 8.00. The summed E-state index contributed by atoms with van der Waals surface area (Å²) in [7, 11) is -4.67. The molecule has 0 rings (SSSR count). The standard InChI is InChI=1S/Li.H4N2.H2O4S.H/c;1-2;1-5(2,3)4;/h;1-2H2;(H2,1,2,3,4);/q+1;;;-1. The van der Waals surface area contributed by atoms with Gasteiger partial charge in [-0.2, -0.15) is 8.42 Å². The fourth-order valence-electron chi connectivity index (χ4n) is 0. The van der Waals surface area contributed by atoms with Gasteiger partial charge in [0.1, 0.15) is 0 Å². The molecule has 0 saturated heterocycles. The molecule has 0 aromatic rings. The molecule has 48 valence electrons. The van der Waals surface area contributed by atoms with Crippen molar-refractivity contribution in [3.63, 3.8) is 0 Å². The molecule has 0 aromatic carbocycles. The van der Waals surface area contributed by atoms with Gasteiger partial charge in [0.25, 0.3) is 0 Å². The van der Waals surface area contributed by atoms with Gasteiger partial charge in [-0.25, -0.2) is 0 Å². The topological polar surface area (TPSA) is 127 Å². The van der Waals surface area contributed by atoms with Crippen molar-refractivity contribution in [2.45, 2.75) is 0 Å². The minimum atomic E-state index is -4.67. The van der Waals surface area contributed by atoms with Crippen molar-refractivity contribution in [1.29, 1.82) is 0 Å². The van der Waals surface area contributed by atoms with Crippen molar-refractivity contribution < 1.29 is 37.8 Å². The smallest absolute Gasteiger partial charge is 1.00 e. The third kappa shape index (κ3) is 1240. The largest absolute Gasteiger partial charge is 1.00 e. The minimum absolute atomic E-state index is 0. The Kier molecular flexibility index (Phi) is 14.6. The van der Waals surface area contributed by atoms with Gasteiger partial charge in [-0.05, 0) is 0 Å². The van der Waals surface area contributed by atoms with Crippen LogP contribution < -0.4 is 30.5 Å². The maximum absolute atomic E-state index is 8.74. The molecule has 6 N–H and O–H groups in total. The van der Waals surface area contributed by atoms with Crippen LogP contribution in [0.25, 0.3) is 0 Å². The van der Waals surface area contributed by atoms with Gasteiger partial charge in [0, 0.05) is 0 Å². The molecular weight excluding hydrogens is 131 g/mol. The summed E-state index contributed by atoms with van der Waals surface area (Å²) in [5.41, 5.74) is 0. The first-order valence-electron chi connectivity index (χ1n) is 1.03. The van der Waals surface area contributed by atoms with E-state index < -0.39 is 10.4 Å². The van der Waals surface area contributed by atoms with Gasteiger partial charge in [0.2, 0.25) is 0 Å². The predicted octanol–water partition coefficient (Wildman–Crippen LogP) is -4.72. The van der Waals surface area contributed by atoms with Crippen LogP contribution in [0.4, 0.5) is 0 Å². The zero-order valence-corrected chi connectivity index (χ0v) is 5.09. The molecule has 0 atom stereocenters. The Morgan fingerprint density at radius 1 is 1.25 bits per heavy atom. The van der Waals surface area contributed by atoms with E-state index in [4.69, 9.17) is 17.5 Å². The van der Waals surface area contributed by atoms with E-state index in [0.29, 0.717) is 0 Å². The van der Waals surface area contributed by atoms with Gasteiger partial charge in [0.15, 0.2) is 0 Å². The number of rotatable bonds is 0. The molecule has 0 saturated carbocycles. The van der Waals surface area contributed by atoms with E-state index in [1.165, 1.54) is 0 Å². The van der Waals surface area contributed by atoms with Crippen LogP contribution in [-0.2, 0) is 10.4 Å². The average Bonchev–Trinajstić information content (AvgIpc) is 1.36. The minimum Gasteiger partial charge on any atom is -1.00 e. The molecule has 0 heterocycles. The summed E-state index contributed by atoms with van der Waals surface area (Å²) in [5, 5.41) is 0. The van der Waals surface area contributed by atoms with Crippen molar-refractivity contribution in [2.75, 3.05) is 0 Å². The maximum atomic E-state index is 8.74. The molecule has 0 aromatic heterocycles. The van der Waals surface area contributed by atoms with E-state index in [0.717, 1.165) is 0 Å². The first-order chi connectivity index (χ1) is 3.00. The van der Waals surface area contributed by atoms with Crippen molar-refractivity contribution in [3.8, 4) is 0 Å². The molecule has 0 aliphatic rings. The monoisotopic (exact) mass is 138 g/mol. The molecule has 6 nitrogen and oxygen atoms in total. The first kappa shape index (κ1) is 15.8. The fraction of sp³-hybridized carbons (Fsp3) is 0. The molecule has 8 heavy (non-hydrogen) atoms. The van der Waals surface area contributed by atoms with Crippen LogP contribution in [0.1, 0.15) is 1.43 Å². The molecular formula is H7LiN2O4S. The Morgan fingerprint density at radius 3 is 1.25 bits per heavy atom. The summed E-state index contributed by atoms with van der Waals surface area (Å²) >= 11 is 0. The maximum Gasteiger partial charge on any atom is 1.00 e. The summed E-state index contributed by atoms with van der Waals surface area (Å²) in [6.07, 6.45) is 0. The number of hydrazine groups is 1. The molecule has 0 unspecified atom stereocenters. The SMILES string of the molecule is NN.O=S(=O)(O)O.[H-].[Li+]. The van der Waals surface area contributed by atoms with Crippen molar-refractivity contribution in [2.24, 2.45) is 11.7 Å². The summed E-state index contributed by atoms with van der Waals surface area (Å²) < 4.78 is 31.6. The molecule has 0 aliphatic carbocycles. The van der Waals surface area contributed by atoms with Crippen LogP contribution in [0, 0.1) is 0 Å². The van der Waals surface area contributed by atoms with Crippen LogP contribution in [0.2, 0.25) is 0 Å². The second-order valence-corrected chi connectivity index (χ2v) is 1.34. The van der Waals surface area contributed by atoms with E-state index in [-0.39, 0.29) is 20.3 Å². The van der Waals surface area contributed by atoms with Gasteiger partial charge in [0.05, 0.1) is 0 Å². The summed E-state index contributed by atoms with van der Waals surface area (Å²) in [4.78, 5) is 0. The first-order valence-corrected chi connectivity index (χ1v) is 2.43. The van der Waals surface area contributed by atoms with Gasteiger partial charge >= 0.3 is 29.3 Å². The molecule has 0 radical (unpaired) electrons. The van der Waals surface area contributed by atoms with Gasteiger partial charge < -0.3 is 1.43 Å². The molecule has 0 fully saturated rings. The van der Waals surface area contributed by atoms with E-state index >= 15 is 0 Å². The number of nitrogens with two attached hydrogens (primary N) is 2. The Bertz CT molecular complexity index is 102. The average molecular weight is 138 g/mol. The Labute approximate surface area is 60.4 Å². The van der Waals surface area contributed by atoms with E-state index in [2.05, 4.69) is 11.7 Å². The van der Waals surface area contributed by atoms with E-state index in [9.17, 15) is 0 Å². The van der Waals surface area contributed by atoms with Crippen LogP contribution in [0.15, 0.2) is 0 Å².